The maximum absolute atomic E-state index is 9.24. The van der Waals surface area contributed by atoms with Gasteiger partial charge in [0.05, 0.1) is 11.6 Å². The highest BCUT2D eigenvalue weighted by Gasteiger charge is 2.08. The molecule has 0 unspecified atom stereocenters. The summed E-state index contributed by atoms with van der Waals surface area (Å²) in [5.74, 6) is 0.976. The van der Waals surface area contributed by atoms with E-state index in [2.05, 4.69) is 0 Å². The Morgan fingerprint density at radius 1 is 0.889 bits per heavy atom. The second-order valence-corrected chi connectivity index (χ2v) is 4.87. The molecule has 0 aliphatic heterocycles. The molecule has 2 aromatic carbocycles. The third-order valence-corrected chi connectivity index (χ3v) is 3.07. The Labute approximate surface area is 120 Å². The summed E-state index contributed by atoms with van der Waals surface area (Å²) in [6.45, 7) is -0.166. The van der Waals surface area contributed by atoms with Crippen LogP contribution in [0.25, 0.3) is 0 Å². The molecular formula is C13H9Cl3O2. The lowest BCUT2D eigenvalue weighted by molar-refractivity contribution is 0.276. The van der Waals surface area contributed by atoms with Gasteiger partial charge in [-0.1, -0.05) is 34.8 Å². The van der Waals surface area contributed by atoms with Crippen molar-refractivity contribution in [1.82, 2.24) is 0 Å². The van der Waals surface area contributed by atoms with Crippen molar-refractivity contribution >= 4 is 34.8 Å². The zero-order valence-electron chi connectivity index (χ0n) is 9.16. The molecule has 0 atom stereocenters. The van der Waals surface area contributed by atoms with Crippen molar-refractivity contribution in [3.63, 3.8) is 0 Å². The Kier molecular flexibility index (Phi) is 4.36. The van der Waals surface area contributed by atoms with Crippen molar-refractivity contribution in [1.29, 1.82) is 0 Å². The van der Waals surface area contributed by atoms with E-state index in [1.54, 1.807) is 36.4 Å². The average molecular weight is 304 g/mol. The number of halogens is 3. The SMILES string of the molecule is OCc1cc(Cl)ccc1Oc1ccc(Cl)cc1Cl. The highest BCUT2D eigenvalue weighted by molar-refractivity contribution is 6.35. The molecule has 1 N–H and O–H groups in total. The molecule has 0 heterocycles. The lowest BCUT2D eigenvalue weighted by atomic mass is 10.2. The van der Waals surface area contributed by atoms with Crippen molar-refractivity contribution in [2.24, 2.45) is 0 Å². The summed E-state index contributed by atoms with van der Waals surface area (Å²) in [4.78, 5) is 0. The number of benzene rings is 2. The molecule has 2 rings (SSSR count). The number of hydrogen-bond donors (Lipinski definition) is 1. The standard InChI is InChI=1S/C13H9Cl3O2/c14-9-1-3-12(8(5-9)7-17)18-13-4-2-10(15)6-11(13)16/h1-6,17H,7H2. The molecule has 5 heteroatoms. The fourth-order valence-electron chi connectivity index (χ4n) is 1.45. The molecule has 94 valence electrons. The maximum atomic E-state index is 9.24. The lowest BCUT2D eigenvalue weighted by Gasteiger charge is -2.11. The van der Waals surface area contributed by atoms with Crippen molar-refractivity contribution in [2.75, 3.05) is 0 Å². The first kappa shape index (κ1) is 13.5. The summed E-state index contributed by atoms with van der Waals surface area (Å²) in [5, 5.41) is 10.7. The summed E-state index contributed by atoms with van der Waals surface area (Å²) in [6, 6.07) is 9.93. The van der Waals surface area contributed by atoms with E-state index in [0.29, 0.717) is 32.1 Å². The quantitative estimate of drug-likeness (QED) is 0.871. The van der Waals surface area contributed by atoms with Crippen LogP contribution in [0.2, 0.25) is 15.1 Å². The fraction of sp³-hybridized carbons (Fsp3) is 0.0769. The zero-order valence-corrected chi connectivity index (χ0v) is 11.4. The molecule has 0 aromatic heterocycles. The van der Waals surface area contributed by atoms with E-state index in [4.69, 9.17) is 39.5 Å². The second kappa shape index (κ2) is 5.81. The van der Waals surface area contributed by atoms with Crippen molar-refractivity contribution in [2.45, 2.75) is 6.61 Å². The van der Waals surface area contributed by atoms with Crippen LogP contribution in [0.3, 0.4) is 0 Å². The summed E-state index contributed by atoms with van der Waals surface area (Å²) >= 11 is 17.7. The summed E-state index contributed by atoms with van der Waals surface area (Å²) in [5.41, 5.74) is 0.591. The maximum Gasteiger partial charge on any atom is 0.146 e. The van der Waals surface area contributed by atoms with E-state index in [-0.39, 0.29) is 6.61 Å². The Morgan fingerprint density at radius 3 is 2.11 bits per heavy atom. The Bertz CT molecular complexity index is 570. The van der Waals surface area contributed by atoms with E-state index in [1.807, 2.05) is 0 Å². The minimum absolute atomic E-state index is 0.166. The van der Waals surface area contributed by atoms with Crippen LogP contribution in [0.5, 0.6) is 11.5 Å². The van der Waals surface area contributed by atoms with Gasteiger partial charge < -0.3 is 9.84 Å². The molecule has 0 saturated heterocycles. The Hall–Kier alpha value is -0.930. The van der Waals surface area contributed by atoms with Gasteiger partial charge in [-0.2, -0.15) is 0 Å². The van der Waals surface area contributed by atoms with Crippen LogP contribution in [-0.4, -0.2) is 5.11 Å². The third-order valence-electron chi connectivity index (χ3n) is 2.31. The normalized spacial score (nSPS) is 10.4. The summed E-state index contributed by atoms with van der Waals surface area (Å²) in [6.07, 6.45) is 0. The number of ether oxygens (including phenoxy) is 1. The molecule has 0 aliphatic rings. The number of aliphatic hydroxyl groups is 1. The van der Waals surface area contributed by atoms with Gasteiger partial charge in [0.25, 0.3) is 0 Å². The lowest BCUT2D eigenvalue weighted by Crippen LogP contribution is -1.92. The van der Waals surface area contributed by atoms with E-state index in [0.717, 1.165) is 0 Å². The van der Waals surface area contributed by atoms with Crippen LogP contribution in [0.15, 0.2) is 36.4 Å². The first-order chi connectivity index (χ1) is 8.60. The highest BCUT2D eigenvalue weighted by Crippen LogP contribution is 2.33. The molecule has 0 radical (unpaired) electrons. The topological polar surface area (TPSA) is 29.5 Å². The van der Waals surface area contributed by atoms with Gasteiger partial charge >= 0.3 is 0 Å². The van der Waals surface area contributed by atoms with Crippen LogP contribution >= 0.6 is 34.8 Å². The van der Waals surface area contributed by atoms with Crippen LogP contribution < -0.4 is 4.74 Å². The molecule has 2 aromatic rings. The molecule has 18 heavy (non-hydrogen) atoms. The molecular weight excluding hydrogens is 294 g/mol. The number of hydrogen-bond acceptors (Lipinski definition) is 2. The van der Waals surface area contributed by atoms with Crippen LogP contribution in [-0.2, 0) is 6.61 Å². The predicted molar refractivity (Wildman–Crippen MR) is 73.9 cm³/mol. The Morgan fingerprint density at radius 2 is 1.50 bits per heavy atom. The smallest absolute Gasteiger partial charge is 0.146 e. The second-order valence-electron chi connectivity index (χ2n) is 3.59. The summed E-state index contributed by atoms with van der Waals surface area (Å²) in [7, 11) is 0. The van der Waals surface area contributed by atoms with Crippen molar-refractivity contribution in [3.8, 4) is 11.5 Å². The number of aliphatic hydroxyl groups excluding tert-OH is 1. The van der Waals surface area contributed by atoms with Crippen molar-refractivity contribution < 1.29 is 9.84 Å². The van der Waals surface area contributed by atoms with Crippen molar-refractivity contribution in [3.05, 3.63) is 57.0 Å². The van der Waals surface area contributed by atoms with Gasteiger partial charge in [0.2, 0.25) is 0 Å². The molecule has 0 spiro atoms. The first-order valence-electron chi connectivity index (χ1n) is 5.12. The molecule has 0 saturated carbocycles. The Balaban J connectivity index is 2.33. The van der Waals surface area contributed by atoms with Gasteiger partial charge in [-0.05, 0) is 36.4 Å². The average Bonchev–Trinajstić information content (AvgIpc) is 2.34. The van der Waals surface area contributed by atoms with E-state index in [9.17, 15) is 5.11 Å². The number of rotatable bonds is 3. The van der Waals surface area contributed by atoms with E-state index in [1.165, 1.54) is 0 Å². The van der Waals surface area contributed by atoms with Gasteiger partial charge in [-0.15, -0.1) is 0 Å². The molecule has 0 aliphatic carbocycles. The predicted octanol–water partition coefficient (Wildman–Crippen LogP) is 4.93. The monoisotopic (exact) mass is 302 g/mol. The zero-order chi connectivity index (χ0) is 13.1. The van der Waals surface area contributed by atoms with Gasteiger partial charge in [0.15, 0.2) is 0 Å². The molecule has 2 nitrogen and oxygen atoms in total. The summed E-state index contributed by atoms with van der Waals surface area (Å²) < 4.78 is 5.63. The van der Waals surface area contributed by atoms with Crippen LogP contribution in [0, 0.1) is 0 Å². The van der Waals surface area contributed by atoms with Gasteiger partial charge in [-0.3, -0.25) is 0 Å². The van der Waals surface area contributed by atoms with E-state index < -0.39 is 0 Å². The van der Waals surface area contributed by atoms with Gasteiger partial charge in [0, 0.05) is 15.6 Å². The third kappa shape index (κ3) is 3.09. The van der Waals surface area contributed by atoms with Crippen LogP contribution in [0.1, 0.15) is 5.56 Å². The minimum atomic E-state index is -0.166. The molecule has 0 amide bonds. The highest BCUT2D eigenvalue weighted by atomic mass is 35.5. The van der Waals surface area contributed by atoms with Gasteiger partial charge in [0.1, 0.15) is 11.5 Å². The fourth-order valence-corrected chi connectivity index (χ4v) is 2.09. The van der Waals surface area contributed by atoms with Gasteiger partial charge in [-0.25, -0.2) is 0 Å². The van der Waals surface area contributed by atoms with Crippen LogP contribution in [0.4, 0.5) is 0 Å². The molecule has 0 bridgehead atoms. The largest absolute Gasteiger partial charge is 0.455 e. The minimum Gasteiger partial charge on any atom is -0.455 e. The molecule has 0 fully saturated rings. The van der Waals surface area contributed by atoms with E-state index >= 15 is 0 Å². The first-order valence-corrected chi connectivity index (χ1v) is 6.25.